The molecule has 4 nitrogen and oxygen atoms in total. The van der Waals surface area contributed by atoms with Crippen LogP contribution >= 0.6 is 11.6 Å². The maximum atomic E-state index is 11.4. The number of methoxy groups -OCH3 is 1. The second kappa shape index (κ2) is 8.50. The fourth-order valence-corrected chi connectivity index (χ4v) is 2.59. The molecule has 0 amide bonds. The minimum absolute atomic E-state index is 0.395. The number of halogens is 1. The van der Waals surface area contributed by atoms with Crippen molar-refractivity contribution in [2.75, 3.05) is 13.7 Å². The van der Waals surface area contributed by atoms with Crippen LogP contribution in [0.5, 0.6) is 5.75 Å². The van der Waals surface area contributed by atoms with E-state index in [1.807, 2.05) is 48.5 Å². The van der Waals surface area contributed by atoms with Crippen LogP contribution < -0.4 is 4.74 Å². The zero-order valence-corrected chi connectivity index (χ0v) is 15.1. The molecule has 132 valence electrons. The first-order chi connectivity index (χ1) is 12.7. The highest BCUT2D eigenvalue weighted by molar-refractivity contribution is 6.30. The van der Waals surface area contributed by atoms with Crippen molar-refractivity contribution in [3.8, 4) is 17.0 Å². The van der Waals surface area contributed by atoms with Crippen LogP contribution in [0.25, 0.3) is 11.3 Å². The summed E-state index contributed by atoms with van der Waals surface area (Å²) in [5.41, 5.74) is 3.34. The number of esters is 1. The van der Waals surface area contributed by atoms with Gasteiger partial charge in [0.2, 0.25) is 0 Å². The largest absolute Gasteiger partial charge is 0.493 e. The number of hydrogen-bond donors (Lipinski definition) is 0. The molecule has 0 aliphatic rings. The van der Waals surface area contributed by atoms with Crippen LogP contribution in [0, 0.1) is 0 Å². The van der Waals surface area contributed by atoms with Crippen molar-refractivity contribution in [2.24, 2.45) is 0 Å². The Bertz CT molecular complexity index is 859. The smallest absolute Gasteiger partial charge is 0.339 e. The van der Waals surface area contributed by atoms with E-state index in [0.717, 1.165) is 28.5 Å². The Hall–Kier alpha value is -2.85. The van der Waals surface area contributed by atoms with Gasteiger partial charge in [-0.15, -0.1) is 0 Å². The first-order valence-corrected chi connectivity index (χ1v) is 8.55. The molecule has 0 saturated carbocycles. The molecule has 3 aromatic rings. The van der Waals surface area contributed by atoms with Crippen LogP contribution in [0.15, 0.2) is 66.9 Å². The number of hydrogen-bond acceptors (Lipinski definition) is 4. The van der Waals surface area contributed by atoms with Crippen molar-refractivity contribution in [2.45, 2.75) is 6.42 Å². The lowest BCUT2D eigenvalue weighted by atomic mass is 10.1. The predicted octanol–water partition coefficient (Wildman–Crippen LogP) is 4.81. The number of aromatic nitrogens is 1. The highest BCUT2D eigenvalue weighted by Gasteiger charge is 2.06. The van der Waals surface area contributed by atoms with Gasteiger partial charge in [-0.1, -0.05) is 23.7 Å². The molecule has 0 radical (unpaired) electrons. The van der Waals surface area contributed by atoms with E-state index in [2.05, 4.69) is 9.72 Å². The van der Waals surface area contributed by atoms with E-state index >= 15 is 0 Å². The Morgan fingerprint density at radius 3 is 2.35 bits per heavy atom. The Kier molecular flexibility index (Phi) is 5.87. The number of carbonyl (C=O) groups is 1. The number of ether oxygens (including phenoxy) is 2. The molecule has 0 unspecified atom stereocenters. The molecule has 0 spiro atoms. The molecular formula is C21H18ClNO3. The molecule has 0 fully saturated rings. The minimum atomic E-state index is -0.395. The summed E-state index contributed by atoms with van der Waals surface area (Å²) in [6.45, 7) is 0.590. The fraction of sp³-hybridized carbons (Fsp3) is 0.143. The van der Waals surface area contributed by atoms with Gasteiger partial charge in [0.25, 0.3) is 0 Å². The van der Waals surface area contributed by atoms with E-state index in [9.17, 15) is 4.79 Å². The molecule has 1 aromatic heterocycles. The molecule has 0 bridgehead atoms. The van der Waals surface area contributed by atoms with Gasteiger partial charge in [-0.3, -0.25) is 4.98 Å². The van der Waals surface area contributed by atoms with E-state index < -0.39 is 5.97 Å². The number of pyridine rings is 1. The van der Waals surface area contributed by atoms with Crippen LogP contribution in [0.2, 0.25) is 5.02 Å². The Morgan fingerprint density at radius 2 is 1.73 bits per heavy atom. The maximum absolute atomic E-state index is 11.4. The highest BCUT2D eigenvalue weighted by atomic mass is 35.5. The van der Waals surface area contributed by atoms with Gasteiger partial charge in [-0.2, -0.15) is 0 Å². The van der Waals surface area contributed by atoms with Crippen molar-refractivity contribution >= 4 is 17.6 Å². The maximum Gasteiger partial charge on any atom is 0.339 e. The third kappa shape index (κ3) is 4.61. The zero-order chi connectivity index (χ0) is 18.4. The number of benzene rings is 2. The van der Waals surface area contributed by atoms with Crippen molar-refractivity contribution < 1.29 is 14.3 Å². The van der Waals surface area contributed by atoms with E-state index in [1.54, 1.807) is 12.1 Å². The summed E-state index contributed by atoms with van der Waals surface area (Å²) in [7, 11) is 1.35. The van der Waals surface area contributed by atoms with E-state index in [0.29, 0.717) is 12.2 Å². The summed E-state index contributed by atoms with van der Waals surface area (Å²) in [5, 5.41) is 0.735. The topological polar surface area (TPSA) is 48.4 Å². The monoisotopic (exact) mass is 367 g/mol. The summed E-state index contributed by atoms with van der Waals surface area (Å²) >= 11 is 5.88. The lowest BCUT2D eigenvalue weighted by molar-refractivity contribution is 0.0600. The SMILES string of the molecule is COC(=O)c1ccc(-c2ccc(OCCc3ccc(Cl)cc3)cc2)nc1. The molecule has 0 atom stereocenters. The summed E-state index contributed by atoms with van der Waals surface area (Å²) < 4.78 is 10.5. The average molecular weight is 368 g/mol. The molecule has 26 heavy (non-hydrogen) atoms. The Morgan fingerprint density at radius 1 is 1.00 bits per heavy atom. The normalized spacial score (nSPS) is 10.4. The molecule has 2 aromatic carbocycles. The second-order valence-corrected chi connectivity index (χ2v) is 6.11. The zero-order valence-electron chi connectivity index (χ0n) is 14.3. The molecule has 5 heteroatoms. The fourth-order valence-electron chi connectivity index (χ4n) is 2.46. The van der Waals surface area contributed by atoms with Crippen molar-refractivity contribution in [1.29, 1.82) is 0 Å². The molecule has 0 N–H and O–H groups in total. The lowest BCUT2D eigenvalue weighted by Crippen LogP contribution is -2.02. The number of nitrogens with zero attached hydrogens (tertiary/aromatic N) is 1. The quantitative estimate of drug-likeness (QED) is 0.586. The van der Waals surface area contributed by atoms with Crippen LogP contribution in [0.3, 0.4) is 0 Å². The standard InChI is InChI=1S/C21H18ClNO3/c1-25-21(24)17-6-11-20(23-14-17)16-4-9-19(10-5-16)26-13-12-15-2-7-18(22)8-3-15/h2-11,14H,12-13H2,1H3. The third-order valence-corrected chi connectivity index (χ3v) is 4.16. The Balaban J connectivity index is 1.57. The highest BCUT2D eigenvalue weighted by Crippen LogP contribution is 2.21. The first-order valence-electron chi connectivity index (χ1n) is 8.18. The second-order valence-electron chi connectivity index (χ2n) is 5.67. The number of rotatable bonds is 6. The van der Waals surface area contributed by atoms with Crippen LogP contribution in [0.1, 0.15) is 15.9 Å². The minimum Gasteiger partial charge on any atom is -0.493 e. The van der Waals surface area contributed by atoms with Gasteiger partial charge < -0.3 is 9.47 Å². The molecule has 0 aliphatic carbocycles. The molecule has 1 heterocycles. The summed E-state index contributed by atoms with van der Waals surface area (Å²) in [6, 6.07) is 19.0. The predicted molar refractivity (Wildman–Crippen MR) is 102 cm³/mol. The van der Waals surface area contributed by atoms with E-state index in [-0.39, 0.29) is 0 Å². The van der Waals surface area contributed by atoms with Gasteiger partial charge in [0, 0.05) is 23.2 Å². The van der Waals surface area contributed by atoms with Gasteiger partial charge in [-0.25, -0.2) is 4.79 Å². The summed E-state index contributed by atoms with van der Waals surface area (Å²) in [4.78, 5) is 15.7. The molecule has 0 saturated heterocycles. The average Bonchev–Trinajstić information content (AvgIpc) is 2.69. The van der Waals surface area contributed by atoms with Crippen molar-refractivity contribution in [3.63, 3.8) is 0 Å². The molecule has 3 rings (SSSR count). The molecular weight excluding hydrogens is 350 g/mol. The van der Waals surface area contributed by atoms with Gasteiger partial charge >= 0.3 is 5.97 Å². The van der Waals surface area contributed by atoms with E-state index in [4.69, 9.17) is 16.3 Å². The third-order valence-electron chi connectivity index (χ3n) is 3.91. The Labute approximate surface area is 157 Å². The summed E-state index contributed by atoms with van der Waals surface area (Å²) in [5.74, 6) is 0.405. The van der Waals surface area contributed by atoms with Crippen LogP contribution in [-0.4, -0.2) is 24.7 Å². The number of carbonyl (C=O) groups excluding carboxylic acids is 1. The van der Waals surface area contributed by atoms with Crippen LogP contribution in [-0.2, 0) is 11.2 Å². The summed E-state index contributed by atoms with van der Waals surface area (Å²) in [6.07, 6.45) is 2.33. The van der Waals surface area contributed by atoms with Gasteiger partial charge in [0.1, 0.15) is 5.75 Å². The lowest BCUT2D eigenvalue weighted by Gasteiger charge is -2.08. The first kappa shape index (κ1) is 18.0. The molecule has 0 aliphatic heterocycles. The van der Waals surface area contributed by atoms with Gasteiger partial charge in [0.15, 0.2) is 0 Å². The van der Waals surface area contributed by atoms with Crippen molar-refractivity contribution in [3.05, 3.63) is 83.0 Å². The van der Waals surface area contributed by atoms with Gasteiger partial charge in [0.05, 0.1) is 25.0 Å². The van der Waals surface area contributed by atoms with E-state index in [1.165, 1.54) is 18.9 Å². The van der Waals surface area contributed by atoms with Crippen molar-refractivity contribution in [1.82, 2.24) is 4.98 Å². The van der Waals surface area contributed by atoms with Gasteiger partial charge in [-0.05, 0) is 54.1 Å². The van der Waals surface area contributed by atoms with Crippen LogP contribution in [0.4, 0.5) is 0 Å².